The Balaban J connectivity index is 2.23. The molecular weight excluding hydrogens is 174 g/mol. The Hall–Kier alpha value is -0.830. The Kier molecular flexibility index (Phi) is 2.35. The SMILES string of the molecule is Cn1nccc1C(N)C1(C)CCCC1. The molecule has 2 N–H and O–H groups in total. The first-order valence-corrected chi connectivity index (χ1v) is 5.37. The van der Waals surface area contributed by atoms with Crippen molar-refractivity contribution in [2.24, 2.45) is 18.2 Å². The van der Waals surface area contributed by atoms with Crippen LogP contribution in [0.15, 0.2) is 12.3 Å². The van der Waals surface area contributed by atoms with E-state index in [-0.39, 0.29) is 11.5 Å². The van der Waals surface area contributed by atoms with E-state index < -0.39 is 0 Å². The van der Waals surface area contributed by atoms with Gasteiger partial charge in [-0.05, 0) is 24.3 Å². The van der Waals surface area contributed by atoms with Gasteiger partial charge in [-0.15, -0.1) is 0 Å². The first kappa shape index (κ1) is 9.71. The minimum absolute atomic E-state index is 0.137. The van der Waals surface area contributed by atoms with Crippen molar-refractivity contribution in [1.82, 2.24) is 9.78 Å². The van der Waals surface area contributed by atoms with E-state index in [2.05, 4.69) is 12.0 Å². The summed E-state index contributed by atoms with van der Waals surface area (Å²) in [5.41, 5.74) is 7.77. The van der Waals surface area contributed by atoms with Crippen LogP contribution in [0.2, 0.25) is 0 Å². The molecule has 0 bridgehead atoms. The summed E-state index contributed by atoms with van der Waals surface area (Å²) in [5.74, 6) is 0. The topological polar surface area (TPSA) is 43.8 Å². The Labute approximate surface area is 85.3 Å². The monoisotopic (exact) mass is 193 g/mol. The zero-order valence-corrected chi connectivity index (χ0v) is 9.03. The summed E-state index contributed by atoms with van der Waals surface area (Å²) < 4.78 is 1.90. The molecule has 1 aliphatic rings. The lowest BCUT2D eigenvalue weighted by molar-refractivity contribution is 0.256. The molecule has 1 atom stereocenters. The molecule has 14 heavy (non-hydrogen) atoms. The Morgan fingerprint density at radius 1 is 1.50 bits per heavy atom. The van der Waals surface area contributed by atoms with Gasteiger partial charge in [0.05, 0.1) is 11.7 Å². The van der Waals surface area contributed by atoms with Crippen LogP contribution < -0.4 is 5.73 Å². The predicted molar refractivity (Wildman–Crippen MR) is 56.7 cm³/mol. The second-order valence-corrected chi connectivity index (χ2v) is 4.72. The molecule has 3 heteroatoms. The van der Waals surface area contributed by atoms with Crippen LogP contribution >= 0.6 is 0 Å². The number of aromatic nitrogens is 2. The van der Waals surface area contributed by atoms with E-state index >= 15 is 0 Å². The maximum Gasteiger partial charge on any atom is 0.0553 e. The van der Waals surface area contributed by atoms with Crippen molar-refractivity contribution in [3.63, 3.8) is 0 Å². The lowest BCUT2D eigenvalue weighted by atomic mass is 9.79. The van der Waals surface area contributed by atoms with E-state index in [1.807, 2.05) is 24.0 Å². The Morgan fingerprint density at radius 3 is 2.64 bits per heavy atom. The van der Waals surface area contributed by atoms with Gasteiger partial charge >= 0.3 is 0 Å². The summed E-state index contributed by atoms with van der Waals surface area (Å²) in [6.07, 6.45) is 6.97. The highest BCUT2D eigenvalue weighted by Crippen LogP contribution is 2.45. The molecule has 1 aromatic heterocycles. The molecule has 1 heterocycles. The maximum absolute atomic E-state index is 6.32. The van der Waals surface area contributed by atoms with Gasteiger partial charge in [-0.25, -0.2) is 0 Å². The van der Waals surface area contributed by atoms with E-state index in [1.165, 1.54) is 25.7 Å². The number of nitrogens with two attached hydrogens (primary N) is 1. The molecule has 78 valence electrons. The van der Waals surface area contributed by atoms with Crippen molar-refractivity contribution in [3.8, 4) is 0 Å². The highest BCUT2D eigenvalue weighted by Gasteiger charge is 2.36. The summed E-state index contributed by atoms with van der Waals surface area (Å²) in [5, 5.41) is 4.18. The molecule has 0 radical (unpaired) electrons. The number of hydrogen-bond acceptors (Lipinski definition) is 2. The van der Waals surface area contributed by atoms with Crippen molar-refractivity contribution >= 4 is 0 Å². The van der Waals surface area contributed by atoms with Gasteiger partial charge in [0, 0.05) is 13.2 Å². The lowest BCUT2D eigenvalue weighted by Gasteiger charge is -2.31. The molecule has 1 aromatic rings. The maximum atomic E-state index is 6.32. The van der Waals surface area contributed by atoms with E-state index in [9.17, 15) is 0 Å². The molecular formula is C11H19N3. The predicted octanol–water partition coefficient (Wildman–Crippen LogP) is 2.00. The molecule has 0 aliphatic heterocycles. The second-order valence-electron chi connectivity index (χ2n) is 4.72. The first-order valence-electron chi connectivity index (χ1n) is 5.37. The summed E-state index contributed by atoms with van der Waals surface area (Å²) in [6, 6.07) is 2.17. The fraction of sp³-hybridized carbons (Fsp3) is 0.727. The fourth-order valence-corrected chi connectivity index (χ4v) is 2.54. The first-order chi connectivity index (χ1) is 6.63. The van der Waals surface area contributed by atoms with Gasteiger partial charge in [-0.1, -0.05) is 19.8 Å². The van der Waals surface area contributed by atoms with Gasteiger partial charge in [0.15, 0.2) is 0 Å². The summed E-state index contributed by atoms with van der Waals surface area (Å²) >= 11 is 0. The van der Waals surface area contributed by atoms with E-state index in [4.69, 9.17) is 5.73 Å². The number of nitrogens with zero attached hydrogens (tertiary/aromatic N) is 2. The van der Waals surface area contributed by atoms with Crippen molar-refractivity contribution in [2.45, 2.75) is 38.6 Å². The van der Waals surface area contributed by atoms with Crippen LogP contribution in [0.4, 0.5) is 0 Å². The van der Waals surface area contributed by atoms with Crippen LogP contribution in [-0.4, -0.2) is 9.78 Å². The molecule has 0 spiro atoms. The van der Waals surface area contributed by atoms with Crippen LogP contribution in [-0.2, 0) is 7.05 Å². The van der Waals surface area contributed by atoms with Gasteiger partial charge in [-0.3, -0.25) is 4.68 Å². The summed E-state index contributed by atoms with van der Waals surface area (Å²) in [6.45, 7) is 2.30. The molecule has 0 saturated heterocycles. The van der Waals surface area contributed by atoms with E-state index in [0.717, 1.165) is 5.69 Å². The van der Waals surface area contributed by atoms with Crippen LogP contribution in [0.3, 0.4) is 0 Å². The zero-order chi connectivity index (χ0) is 10.2. The normalized spacial score (nSPS) is 22.5. The number of aryl methyl sites for hydroxylation is 1. The molecule has 1 fully saturated rings. The highest BCUT2D eigenvalue weighted by atomic mass is 15.3. The zero-order valence-electron chi connectivity index (χ0n) is 9.03. The fourth-order valence-electron chi connectivity index (χ4n) is 2.54. The van der Waals surface area contributed by atoms with Gasteiger partial charge in [0.25, 0.3) is 0 Å². The third-order valence-electron chi connectivity index (χ3n) is 3.67. The molecule has 3 nitrogen and oxygen atoms in total. The molecule has 2 rings (SSSR count). The van der Waals surface area contributed by atoms with Crippen LogP contribution in [0.1, 0.15) is 44.3 Å². The summed E-state index contributed by atoms with van der Waals surface area (Å²) in [7, 11) is 1.97. The molecule has 1 unspecified atom stereocenters. The second kappa shape index (κ2) is 3.39. The third-order valence-corrected chi connectivity index (χ3v) is 3.67. The Morgan fingerprint density at radius 2 is 2.14 bits per heavy atom. The number of hydrogen-bond donors (Lipinski definition) is 1. The van der Waals surface area contributed by atoms with Crippen LogP contribution in [0.25, 0.3) is 0 Å². The molecule has 1 saturated carbocycles. The van der Waals surface area contributed by atoms with Crippen molar-refractivity contribution in [2.75, 3.05) is 0 Å². The largest absolute Gasteiger partial charge is 0.322 e. The Bertz CT molecular complexity index is 310. The quantitative estimate of drug-likeness (QED) is 0.780. The van der Waals surface area contributed by atoms with Crippen molar-refractivity contribution < 1.29 is 0 Å². The average Bonchev–Trinajstić information content (AvgIpc) is 2.74. The molecule has 0 aromatic carbocycles. The smallest absolute Gasteiger partial charge is 0.0553 e. The minimum atomic E-state index is 0.137. The van der Waals surface area contributed by atoms with Crippen LogP contribution in [0, 0.1) is 5.41 Å². The van der Waals surface area contributed by atoms with Crippen molar-refractivity contribution in [3.05, 3.63) is 18.0 Å². The number of rotatable bonds is 2. The average molecular weight is 193 g/mol. The molecule has 0 amide bonds. The van der Waals surface area contributed by atoms with Gasteiger partial charge in [0.1, 0.15) is 0 Å². The van der Waals surface area contributed by atoms with Gasteiger partial charge in [0.2, 0.25) is 0 Å². The highest BCUT2D eigenvalue weighted by molar-refractivity contribution is 5.11. The standard InChI is InChI=1S/C11H19N3/c1-11(6-3-4-7-11)10(12)9-5-8-13-14(9)2/h5,8,10H,3-4,6-7,12H2,1-2H3. The van der Waals surface area contributed by atoms with Crippen molar-refractivity contribution in [1.29, 1.82) is 0 Å². The van der Waals surface area contributed by atoms with Gasteiger partial charge < -0.3 is 5.73 Å². The van der Waals surface area contributed by atoms with Gasteiger partial charge in [-0.2, -0.15) is 5.10 Å². The van der Waals surface area contributed by atoms with E-state index in [1.54, 1.807) is 0 Å². The minimum Gasteiger partial charge on any atom is -0.322 e. The van der Waals surface area contributed by atoms with E-state index in [0.29, 0.717) is 0 Å². The third kappa shape index (κ3) is 1.46. The summed E-state index contributed by atoms with van der Waals surface area (Å²) in [4.78, 5) is 0. The lowest BCUT2D eigenvalue weighted by Crippen LogP contribution is -2.31. The van der Waals surface area contributed by atoms with Crippen LogP contribution in [0.5, 0.6) is 0 Å². The molecule has 1 aliphatic carbocycles.